The highest BCUT2D eigenvalue weighted by atomic mass is 32.2. The van der Waals surface area contributed by atoms with Crippen LogP contribution < -0.4 is 10.0 Å². The molecule has 1 aliphatic rings. The van der Waals surface area contributed by atoms with Crippen LogP contribution in [0.1, 0.15) is 62.1 Å². The Morgan fingerprint density at radius 2 is 1.72 bits per heavy atom. The van der Waals surface area contributed by atoms with Gasteiger partial charge in [0.15, 0.2) is 0 Å². The minimum Gasteiger partial charge on any atom is -0.330 e. The number of rotatable bonds is 6. The highest BCUT2D eigenvalue weighted by Gasteiger charge is 2.23. The number of benzene rings is 3. The van der Waals surface area contributed by atoms with E-state index in [2.05, 4.69) is 89.9 Å². The second-order valence-corrected chi connectivity index (χ2v) is 8.91. The molecule has 1 fully saturated rings. The Balaban J connectivity index is 1.50. The molecule has 3 aromatic rings. The molecule has 0 radical (unpaired) electrons. The normalized spacial score (nSPS) is 20.9. The van der Waals surface area contributed by atoms with Crippen molar-refractivity contribution in [1.82, 2.24) is 5.32 Å². The lowest BCUT2D eigenvalue weighted by Crippen LogP contribution is -2.32. The van der Waals surface area contributed by atoms with Gasteiger partial charge in [-0.3, -0.25) is 0 Å². The first-order chi connectivity index (χ1) is 14.2. The van der Waals surface area contributed by atoms with Crippen LogP contribution in [0.3, 0.4) is 0 Å². The summed E-state index contributed by atoms with van der Waals surface area (Å²) in [6, 6.07) is 25.4. The molecule has 4 rings (SSSR count). The van der Waals surface area contributed by atoms with Crippen molar-refractivity contribution < 1.29 is 0 Å². The number of hydrogen-bond donors (Lipinski definition) is 2. The SMILES string of the molecule is CSNc1cccc(C2CCCCC(NC(C)c3cccc4ccccc34)C2)c1. The fourth-order valence-electron chi connectivity index (χ4n) is 4.86. The summed E-state index contributed by atoms with van der Waals surface area (Å²) in [7, 11) is 0. The first kappa shape index (κ1) is 20.3. The summed E-state index contributed by atoms with van der Waals surface area (Å²) in [6.07, 6.45) is 8.51. The van der Waals surface area contributed by atoms with Crippen LogP contribution >= 0.6 is 11.9 Å². The molecule has 2 N–H and O–H groups in total. The van der Waals surface area contributed by atoms with Gasteiger partial charge in [-0.2, -0.15) is 0 Å². The van der Waals surface area contributed by atoms with E-state index in [-0.39, 0.29) is 0 Å². The molecule has 1 saturated carbocycles. The van der Waals surface area contributed by atoms with Crippen molar-refractivity contribution >= 4 is 28.4 Å². The van der Waals surface area contributed by atoms with Crippen LogP contribution in [-0.2, 0) is 0 Å². The van der Waals surface area contributed by atoms with Crippen LogP contribution in [-0.4, -0.2) is 12.3 Å². The van der Waals surface area contributed by atoms with Crippen molar-refractivity contribution in [3.63, 3.8) is 0 Å². The lowest BCUT2D eigenvalue weighted by atomic mass is 9.89. The molecule has 3 unspecified atom stereocenters. The van der Waals surface area contributed by atoms with Gasteiger partial charge in [0.1, 0.15) is 0 Å². The lowest BCUT2D eigenvalue weighted by Gasteiger charge is -2.26. The lowest BCUT2D eigenvalue weighted by molar-refractivity contribution is 0.400. The Hall–Kier alpha value is -1.97. The second-order valence-electron chi connectivity index (χ2n) is 8.30. The maximum Gasteiger partial charge on any atom is 0.0442 e. The fraction of sp³-hybridized carbons (Fsp3) is 0.385. The maximum atomic E-state index is 3.99. The van der Waals surface area contributed by atoms with E-state index in [4.69, 9.17) is 0 Å². The van der Waals surface area contributed by atoms with Crippen molar-refractivity contribution in [3.05, 3.63) is 77.9 Å². The molecule has 0 bridgehead atoms. The van der Waals surface area contributed by atoms with E-state index in [1.807, 2.05) is 0 Å². The van der Waals surface area contributed by atoms with E-state index < -0.39 is 0 Å². The third-order valence-electron chi connectivity index (χ3n) is 6.28. The van der Waals surface area contributed by atoms with E-state index in [0.717, 1.165) is 0 Å². The van der Waals surface area contributed by atoms with Gasteiger partial charge in [0, 0.05) is 24.0 Å². The summed E-state index contributed by atoms with van der Waals surface area (Å²) in [5, 5.41) is 6.69. The van der Waals surface area contributed by atoms with Crippen LogP contribution in [0.4, 0.5) is 5.69 Å². The van der Waals surface area contributed by atoms with Crippen LogP contribution in [0.5, 0.6) is 0 Å². The van der Waals surface area contributed by atoms with E-state index >= 15 is 0 Å². The van der Waals surface area contributed by atoms with E-state index in [0.29, 0.717) is 18.0 Å². The van der Waals surface area contributed by atoms with Crippen molar-refractivity contribution in [2.45, 2.75) is 57.0 Å². The summed E-state index contributed by atoms with van der Waals surface area (Å²) in [4.78, 5) is 0. The Kier molecular flexibility index (Phi) is 6.78. The molecular formula is C26H32N2S. The minimum atomic E-state index is 0.356. The van der Waals surface area contributed by atoms with Crippen molar-refractivity contribution in [3.8, 4) is 0 Å². The van der Waals surface area contributed by atoms with Crippen molar-refractivity contribution in [2.75, 3.05) is 11.0 Å². The third kappa shape index (κ3) is 4.96. The van der Waals surface area contributed by atoms with E-state index in [9.17, 15) is 0 Å². The van der Waals surface area contributed by atoms with Gasteiger partial charge in [-0.05, 0) is 66.1 Å². The highest BCUT2D eigenvalue weighted by molar-refractivity contribution is 7.99. The summed E-state index contributed by atoms with van der Waals surface area (Å²) in [5.41, 5.74) is 4.11. The zero-order chi connectivity index (χ0) is 20.1. The average molecular weight is 405 g/mol. The van der Waals surface area contributed by atoms with Gasteiger partial charge in [0.05, 0.1) is 0 Å². The predicted octanol–water partition coefficient (Wildman–Crippen LogP) is 7.30. The molecule has 0 saturated heterocycles. The summed E-state index contributed by atoms with van der Waals surface area (Å²) < 4.78 is 3.39. The Bertz CT molecular complexity index is 933. The number of anilines is 1. The van der Waals surface area contributed by atoms with Crippen LogP contribution in [0.15, 0.2) is 66.7 Å². The van der Waals surface area contributed by atoms with E-state index in [1.165, 1.54) is 59.7 Å². The number of nitrogens with one attached hydrogen (secondary N) is 2. The summed E-state index contributed by atoms with van der Waals surface area (Å²) >= 11 is 1.66. The largest absolute Gasteiger partial charge is 0.330 e. The van der Waals surface area contributed by atoms with Gasteiger partial charge in [-0.25, -0.2) is 0 Å². The van der Waals surface area contributed by atoms with Crippen LogP contribution in [0.25, 0.3) is 10.8 Å². The first-order valence-corrected chi connectivity index (χ1v) is 12.1. The zero-order valence-electron chi connectivity index (χ0n) is 17.5. The smallest absolute Gasteiger partial charge is 0.0442 e. The van der Waals surface area contributed by atoms with Gasteiger partial charge in [0.2, 0.25) is 0 Å². The summed E-state index contributed by atoms with van der Waals surface area (Å²) in [5.74, 6) is 0.637. The molecule has 152 valence electrons. The number of fused-ring (bicyclic) bond motifs is 1. The molecule has 0 aliphatic heterocycles. The Labute approximate surface area is 179 Å². The molecule has 3 atom stereocenters. The van der Waals surface area contributed by atoms with Crippen molar-refractivity contribution in [1.29, 1.82) is 0 Å². The molecule has 0 aromatic heterocycles. The monoisotopic (exact) mass is 404 g/mol. The molecule has 3 aromatic carbocycles. The maximum absolute atomic E-state index is 3.99. The zero-order valence-corrected chi connectivity index (χ0v) is 18.3. The first-order valence-electron chi connectivity index (χ1n) is 10.9. The molecule has 2 nitrogen and oxygen atoms in total. The molecule has 0 spiro atoms. The topological polar surface area (TPSA) is 24.1 Å². The second kappa shape index (κ2) is 9.69. The van der Waals surface area contributed by atoms with Crippen LogP contribution in [0, 0.1) is 0 Å². The van der Waals surface area contributed by atoms with Gasteiger partial charge in [-0.1, -0.05) is 79.4 Å². The van der Waals surface area contributed by atoms with Gasteiger partial charge in [-0.15, -0.1) is 0 Å². The molecule has 29 heavy (non-hydrogen) atoms. The van der Waals surface area contributed by atoms with Crippen molar-refractivity contribution in [2.24, 2.45) is 0 Å². The fourth-order valence-corrected chi connectivity index (χ4v) is 5.22. The quantitative estimate of drug-likeness (QED) is 0.333. The minimum absolute atomic E-state index is 0.356. The molecule has 1 aliphatic carbocycles. The highest BCUT2D eigenvalue weighted by Crippen LogP contribution is 2.34. The average Bonchev–Trinajstić information content (AvgIpc) is 2.99. The Morgan fingerprint density at radius 1 is 0.931 bits per heavy atom. The van der Waals surface area contributed by atoms with Crippen LogP contribution in [0.2, 0.25) is 0 Å². The predicted molar refractivity (Wildman–Crippen MR) is 129 cm³/mol. The molecule has 0 heterocycles. The number of hydrogen-bond acceptors (Lipinski definition) is 3. The van der Waals surface area contributed by atoms with E-state index in [1.54, 1.807) is 11.9 Å². The summed E-state index contributed by atoms with van der Waals surface area (Å²) in [6.45, 7) is 2.32. The van der Waals surface area contributed by atoms with Gasteiger partial charge in [0.25, 0.3) is 0 Å². The molecule has 0 amide bonds. The Morgan fingerprint density at radius 3 is 2.62 bits per heavy atom. The molecule has 3 heteroatoms. The van der Waals surface area contributed by atoms with Gasteiger partial charge < -0.3 is 10.0 Å². The van der Waals surface area contributed by atoms with Gasteiger partial charge >= 0.3 is 0 Å². The molecular weight excluding hydrogens is 372 g/mol. The third-order valence-corrected chi connectivity index (χ3v) is 6.72. The standard InChI is InChI=1S/C26H32N2S/c1-19(25-16-8-11-20-9-4-6-15-26(20)25)27-23-13-5-3-10-21(17-23)22-12-7-14-24(18-22)28-29-2/h4,6-9,11-12,14-16,18-19,21,23,27-28H,3,5,10,13,17H2,1-2H3.